The molecule has 4 rings (SSSR count). The minimum atomic E-state index is -0.810. The zero-order valence-electron chi connectivity index (χ0n) is 15.2. The van der Waals surface area contributed by atoms with Crippen molar-refractivity contribution in [3.8, 4) is 0 Å². The largest absolute Gasteiger partial charge is 0.465 e. The number of carbonyl (C=O) groups is 2. The molecular weight excluding hydrogens is 344 g/mol. The highest BCUT2D eigenvalue weighted by Crippen LogP contribution is 2.37. The van der Waals surface area contributed by atoms with Gasteiger partial charge >= 0.3 is 11.9 Å². The summed E-state index contributed by atoms with van der Waals surface area (Å²) in [4.78, 5) is 25.5. The molecule has 0 aliphatic carbocycles. The number of carbonyl (C=O) groups excluding carboxylic acids is 2. The van der Waals surface area contributed by atoms with Gasteiger partial charge in [0.05, 0.1) is 31.5 Å². The maximum atomic E-state index is 12.8. The molecular formula is C21H20N2O4. The second kappa shape index (κ2) is 6.79. The topological polar surface area (TPSA) is 69.6 Å². The molecule has 0 bridgehead atoms. The van der Waals surface area contributed by atoms with Crippen LogP contribution in [0, 0.1) is 0 Å². The highest BCUT2D eigenvalue weighted by molar-refractivity contribution is 6.07. The van der Waals surface area contributed by atoms with Crippen molar-refractivity contribution in [1.82, 2.24) is 4.57 Å². The highest BCUT2D eigenvalue weighted by Gasteiger charge is 2.35. The van der Waals surface area contributed by atoms with E-state index in [1.165, 1.54) is 7.11 Å². The van der Waals surface area contributed by atoms with Crippen molar-refractivity contribution < 1.29 is 19.1 Å². The lowest BCUT2D eigenvalue weighted by atomic mass is 10.1. The van der Waals surface area contributed by atoms with Gasteiger partial charge in [0.2, 0.25) is 0 Å². The van der Waals surface area contributed by atoms with Crippen LogP contribution in [0.3, 0.4) is 0 Å². The number of fused-ring (bicyclic) bond motifs is 4. The lowest BCUT2D eigenvalue weighted by molar-refractivity contribution is -0.144. The summed E-state index contributed by atoms with van der Waals surface area (Å²) in [5, 5.41) is 4.04. The zero-order chi connectivity index (χ0) is 19.0. The van der Waals surface area contributed by atoms with E-state index in [0.29, 0.717) is 17.8 Å². The van der Waals surface area contributed by atoms with E-state index < -0.39 is 18.0 Å². The third-order valence-electron chi connectivity index (χ3n) is 4.84. The van der Waals surface area contributed by atoms with Gasteiger partial charge in [-0.2, -0.15) is 0 Å². The van der Waals surface area contributed by atoms with Crippen molar-refractivity contribution >= 4 is 28.5 Å². The SMILES string of the molecule is CCOC(=O)C1Nc2ccccc2Cn2c1c(C(=O)OC)c1ccccc12. The fourth-order valence-electron chi connectivity index (χ4n) is 3.70. The molecule has 0 saturated heterocycles. The Labute approximate surface area is 156 Å². The van der Waals surface area contributed by atoms with Crippen LogP contribution in [-0.2, 0) is 20.8 Å². The number of esters is 2. The molecule has 0 spiro atoms. The van der Waals surface area contributed by atoms with Gasteiger partial charge in [-0.3, -0.25) is 0 Å². The molecule has 27 heavy (non-hydrogen) atoms. The third-order valence-corrected chi connectivity index (χ3v) is 4.84. The summed E-state index contributed by atoms with van der Waals surface area (Å²) < 4.78 is 12.4. The summed E-state index contributed by atoms with van der Waals surface area (Å²) in [7, 11) is 1.35. The number of ether oxygens (including phenoxy) is 2. The highest BCUT2D eigenvalue weighted by atomic mass is 16.5. The van der Waals surface area contributed by atoms with E-state index in [1.807, 2.05) is 53.1 Å². The van der Waals surface area contributed by atoms with Gasteiger partial charge in [0, 0.05) is 16.6 Å². The third kappa shape index (κ3) is 2.73. The summed E-state index contributed by atoms with van der Waals surface area (Å²) in [6.45, 7) is 2.55. The first-order valence-electron chi connectivity index (χ1n) is 8.86. The average Bonchev–Trinajstić information content (AvgIpc) is 2.90. The van der Waals surface area contributed by atoms with Crippen molar-refractivity contribution in [2.24, 2.45) is 0 Å². The van der Waals surface area contributed by atoms with Crippen LogP contribution in [0.1, 0.15) is 34.6 Å². The van der Waals surface area contributed by atoms with Crippen LogP contribution < -0.4 is 5.32 Å². The first-order chi connectivity index (χ1) is 13.2. The van der Waals surface area contributed by atoms with Crippen molar-refractivity contribution in [1.29, 1.82) is 0 Å². The quantitative estimate of drug-likeness (QED) is 0.720. The summed E-state index contributed by atoms with van der Waals surface area (Å²) in [6, 6.07) is 14.6. The number of benzene rings is 2. The molecule has 0 saturated carbocycles. The summed E-state index contributed by atoms with van der Waals surface area (Å²) in [5.74, 6) is -0.898. The minimum Gasteiger partial charge on any atom is -0.465 e. The zero-order valence-corrected chi connectivity index (χ0v) is 15.2. The van der Waals surface area contributed by atoms with E-state index in [4.69, 9.17) is 9.47 Å². The van der Waals surface area contributed by atoms with Gasteiger partial charge in [0.15, 0.2) is 6.04 Å². The predicted molar refractivity (Wildman–Crippen MR) is 102 cm³/mol. The van der Waals surface area contributed by atoms with Crippen LogP contribution in [0.15, 0.2) is 48.5 Å². The lowest BCUT2D eigenvalue weighted by Gasteiger charge is -2.18. The number of anilines is 1. The van der Waals surface area contributed by atoms with Gasteiger partial charge in [-0.25, -0.2) is 9.59 Å². The Hall–Kier alpha value is -3.28. The summed E-state index contributed by atoms with van der Waals surface area (Å²) in [5.41, 5.74) is 3.71. The van der Waals surface area contributed by atoms with Crippen LogP contribution in [0.25, 0.3) is 10.9 Å². The Morgan fingerprint density at radius 3 is 2.67 bits per heavy atom. The van der Waals surface area contributed by atoms with E-state index in [9.17, 15) is 9.59 Å². The molecule has 6 heteroatoms. The first-order valence-corrected chi connectivity index (χ1v) is 8.86. The molecule has 0 fully saturated rings. The number of methoxy groups -OCH3 is 1. The number of hydrogen-bond acceptors (Lipinski definition) is 5. The van der Waals surface area contributed by atoms with Crippen LogP contribution in [0.4, 0.5) is 5.69 Å². The predicted octanol–water partition coefficient (Wildman–Crippen LogP) is 3.51. The molecule has 1 N–H and O–H groups in total. The Kier molecular flexibility index (Phi) is 4.32. The van der Waals surface area contributed by atoms with Crippen molar-refractivity contribution in [2.45, 2.75) is 19.5 Å². The lowest BCUT2D eigenvalue weighted by Crippen LogP contribution is -2.26. The Bertz CT molecular complexity index is 1040. The molecule has 2 heterocycles. The molecule has 0 amide bonds. The van der Waals surface area contributed by atoms with Crippen molar-refractivity contribution in [2.75, 3.05) is 19.0 Å². The van der Waals surface area contributed by atoms with Gasteiger partial charge in [0.25, 0.3) is 0 Å². The van der Waals surface area contributed by atoms with E-state index in [-0.39, 0.29) is 6.61 Å². The molecule has 0 radical (unpaired) electrons. The molecule has 1 aliphatic rings. The summed E-state index contributed by atoms with van der Waals surface area (Å²) in [6.07, 6.45) is 0. The molecule has 1 aliphatic heterocycles. The molecule has 1 atom stereocenters. The van der Waals surface area contributed by atoms with Gasteiger partial charge in [0.1, 0.15) is 0 Å². The molecule has 2 aromatic carbocycles. The van der Waals surface area contributed by atoms with E-state index in [1.54, 1.807) is 6.92 Å². The van der Waals surface area contributed by atoms with Crippen molar-refractivity contribution in [3.63, 3.8) is 0 Å². The number of aromatic nitrogens is 1. The maximum Gasteiger partial charge on any atom is 0.340 e. The minimum absolute atomic E-state index is 0.256. The maximum absolute atomic E-state index is 12.8. The fourth-order valence-corrected chi connectivity index (χ4v) is 3.70. The molecule has 138 valence electrons. The molecule has 1 unspecified atom stereocenters. The van der Waals surface area contributed by atoms with Crippen molar-refractivity contribution in [3.05, 3.63) is 65.4 Å². The van der Waals surface area contributed by atoms with Crippen LogP contribution in [0.5, 0.6) is 0 Å². The molecule has 3 aromatic rings. The first kappa shape index (κ1) is 17.1. The normalized spacial score (nSPS) is 15.3. The molecule has 6 nitrogen and oxygen atoms in total. The second-order valence-corrected chi connectivity index (χ2v) is 6.34. The van der Waals surface area contributed by atoms with E-state index in [2.05, 4.69) is 5.32 Å². The Balaban J connectivity index is 2.04. The monoisotopic (exact) mass is 364 g/mol. The number of hydrogen-bond donors (Lipinski definition) is 1. The summed E-state index contributed by atoms with van der Waals surface area (Å²) >= 11 is 0. The number of nitrogens with zero attached hydrogens (tertiary/aromatic N) is 1. The standard InChI is InChI=1S/C21H20N2O4/c1-3-27-21(25)18-19-17(20(24)26-2)14-9-5-7-11-16(14)23(19)12-13-8-4-6-10-15(13)22-18/h4-11,18,22H,3,12H2,1-2H3. The van der Waals surface area contributed by atoms with Gasteiger partial charge in [-0.1, -0.05) is 36.4 Å². The van der Waals surface area contributed by atoms with E-state index in [0.717, 1.165) is 22.2 Å². The smallest absolute Gasteiger partial charge is 0.340 e. The Morgan fingerprint density at radius 2 is 1.89 bits per heavy atom. The fraction of sp³-hybridized carbons (Fsp3) is 0.238. The average molecular weight is 364 g/mol. The molecule has 1 aromatic heterocycles. The van der Waals surface area contributed by atoms with E-state index >= 15 is 0 Å². The second-order valence-electron chi connectivity index (χ2n) is 6.34. The van der Waals surface area contributed by atoms with Crippen LogP contribution >= 0.6 is 0 Å². The number of rotatable bonds is 3. The van der Waals surface area contributed by atoms with Gasteiger partial charge in [-0.15, -0.1) is 0 Å². The van der Waals surface area contributed by atoms with Crippen LogP contribution in [-0.4, -0.2) is 30.2 Å². The van der Waals surface area contributed by atoms with Gasteiger partial charge in [-0.05, 0) is 24.6 Å². The van der Waals surface area contributed by atoms with Gasteiger partial charge < -0.3 is 19.4 Å². The number of para-hydroxylation sites is 2. The Morgan fingerprint density at radius 1 is 1.15 bits per heavy atom. The van der Waals surface area contributed by atoms with Crippen LogP contribution in [0.2, 0.25) is 0 Å². The number of nitrogens with one attached hydrogen (secondary N) is 1.